The molecule has 0 aliphatic heterocycles. The Kier molecular flexibility index (Phi) is 5.22. The molecule has 3 nitrogen and oxygen atoms in total. The summed E-state index contributed by atoms with van der Waals surface area (Å²) in [6.07, 6.45) is 5.19. The third-order valence-corrected chi connectivity index (χ3v) is 4.81. The first-order valence-corrected chi connectivity index (χ1v) is 7.30. The molecule has 1 fully saturated rings. The summed E-state index contributed by atoms with van der Waals surface area (Å²) in [7, 11) is 4.38. The summed E-state index contributed by atoms with van der Waals surface area (Å²) < 4.78 is 0. The lowest BCUT2D eigenvalue weighted by molar-refractivity contribution is 0.0256. The van der Waals surface area contributed by atoms with E-state index in [2.05, 4.69) is 38.2 Å². The number of nitrogens with zero attached hydrogens (tertiary/aromatic N) is 1. The summed E-state index contributed by atoms with van der Waals surface area (Å²) in [4.78, 5) is 2.38. The summed E-state index contributed by atoms with van der Waals surface area (Å²) in [5, 5.41) is 13.6. The molecular formula is C15H32N2O. The Hall–Kier alpha value is -0.120. The highest BCUT2D eigenvalue weighted by molar-refractivity contribution is 4.96. The lowest BCUT2D eigenvalue weighted by Gasteiger charge is -2.46. The molecule has 0 heterocycles. The Balaban J connectivity index is 2.64. The summed E-state index contributed by atoms with van der Waals surface area (Å²) >= 11 is 0. The van der Waals surface area contributed by atoms with Crippen molar-refractivity contribution in [1.29, 1.82) is 0 Å². The second-order valence-electron chi connectivity index (χ2n) is 7.08. The van der Waals surface area contributed by atoms with Gasteiger partial charge in [0, 0.05) is 18.1 Å². The van der Waals surface area contributed by atoms with E-state index in [1.54, 1.807) is 0 Å². The average Bonchev–Trinajstić information content (AvgIpc) is 2.24. The Morgan fingerprint density at radius 1 is 1.44 bits per heavy atom. The van der Waals surface area contributed by atoms with Crippen LogP contribution in [0.25, 0.3) is 0 Å². The zero-order chi connectivity index (χ0) is 14.0. The van der Waals surface area contributed by atoms with Crippen molar-refractivity contribution in [2.75, 3.05) is 20.6 Å². The van der Waals surface area contributed by atoms with Crippen LogP contribution in [0.15, 0.2) is 0 Å². The van der Waals surface area contributed by atoms with Crippen molar-refractivity contribution in [2.45, 2.75) is 70.6 Å². The smallest absolute Gasteiger partial charge is 0.0741 e. The van der Waals surface area contributed by atoms with Crippen molar-refractivity contribution in [3.8, 4) is 0 Å². The van der Waals surface area contributed by atoms with Gasteiger partial charge < -0.3 is 15.3 Å². The molecule has 0 spiro atoms. The molecule has 3 heteroatoms. The highest BCUT2D eigenvalue weighted by atomic mass is 16.3. The Labute approximate surface area is 113 Å². The van der Waals surface area contributed by atoms with E-state index in [1.807, 2.05) is 13.8 Å². The van der Waals surface area contributed by atoms with Crippen LogP contribution in [-0.2, 0) is 0 Å². The first-order valence-electron chi connectivity index (χ1n) is 7.30. The molecule has 3 atom stereocenters. The van der Waals surface area contributed by atoms with Crippen molar-refractivity contribution >= 4 is 0 Å². The normalized spacial score (nSPS) is 31.7. The second kappa shape index (κ2) is 5.89. The quantitative estimate of drug-likeness (QED) is 0.792. The van der Waals surface area contributed by atoms with Crippen LogP contribution < -0.4 is 5.32 Å². The van der Waals surface area contributed by atoms with Gasteiger partial charge in [-0.25, -0.2) is 0 Å². The summed E-state index contributed by atoms with van der Waals surface area (Å²) in [6.45, 7) is 9.13. The standard InChI is InChI=1S/C15H32N2O/c1-12-8-7-9-15(10-12,17(5)6)11-16-13(2)14(3,4)18/h12-13,16,18H,7-11H2,1-6H3. The van der Waals surface area contributed by atoms with Gasteiger partial charge >= 0.3 is 0 Å². The fraction of sp³-hybridized carbons (Fsp3) is 1.00. The highest BCUT2D eigenvalue weighted by Gasteiger charge is 2.37. The first-order chi connectivity index (χ1) is 8.17. The molecule has 2 N–H and O–H groups in total. The Morgan fingerprint density at radius 2 is 2.06 bits per heavy atom. The van der Waals surface area contributed by atoms with Gasteiger partial charge in [-0.15, -0.1) is 0 Å². The number of hydrogen-bond acceptors (Lipinski definition) is 3. The predicted molar refractivity (Wildman–Crippen MR) is 77.8 cm³/mol. The van der Waals surface area contributed by atoms with E-state index in [9.17, 15) is 5.11 Å². The SMILES string of the molecule is CC1CCCC(CNC(C)C(C)(C)O)(N(C)C)C1. The molecule has 0 aromatic carbocycles. The van der Waals surface area contributed by atoms with Crippen LogP contribution >= 0.6 is 0 Å². The van der Waals surface area contributed by atoms with Crippen molar-refractivity contribution in [2.24, 2.45) is 5.92 Å². The van der Waals surface area contributed by atoms with Gasteiger partial charge in [-0.05, 0) is 53.6 Å². The van der Waals surface area contributed by atoms with Gasteiger partial charge in [0.15, 0.2) is 0 Å². The Bertz CT molecular complexity index is 260. The maximum Gasteiger partial charge on any atom is 0.0741 e. The number of likely N-dealkylation sites (N-methyl/N-ethyl adjacent to an activating group) is 1. The molecule has 0 aromatic rings. The first kappa shape index (κ1) is 15.9. The van der Waals surface area contributed by atoms with E-state index in [-0.39, 0.29) is 11.6 Å². The lowest BCUT2D eigenvalue weighted by atomic mass is 9.75. The number of aliphatic hydroxyl groups is 1. The van der Waals surface area contributed by atoms with E-state index < -0.39 is 5.60 Å². The van der Waals surface area contributed by atoms with E-state index in [4.69, 9.17) is 0 Å². The van der Waals surface area contributed by atoms with Crippen molar-refractivity contribution in [1.82, 2.24) is 10.2 Å². The number of nitrogens with one attached hydrogen (secondary N) is 1. The van der Waals surface area contributed by atoms with Crippen molar-refractivity contribution in [3.63, 3.8) is 0 Å². The Morgan fingerprint density at radius 3 is 2.50 bits per heavy atom. The van der Waals surface area contributed by atoms with Crippen LogP contribution in [0.1, 0.15) is 53.4 Å². The predicted octanol–water partition coefficient (Wildman–Crippen LogP) is 2.25. The zero-order valence-corrected chi connectivity index (χ0v) is 13.1. The van der Waals surface area contributed by atoms with Gasteiger partial charge in [-0.3, -0.25) is 0 Å². The van der Waals surface area contributed by atoms with E-state index >= 15 is 0 Å². The summed E-state index contributed by atoms with van der Waals surface area (Å²) in [6, 6.07) is 0.117. The third kappa shape index (κ3) is 3.94. The molecule has 0 bridgehead atoms. The minimum absolute atomic E-state index is 0.117. The fourth-order valence-corrected chi connectivity index (χ4v) is 2.95. The molecule has 1 aliphatic rings. The van der Waals surface area contributed by atoms with Crippen LogP contribution in [0.4, 0.5) is 0 Å². The van der Waals surface area contributed by atoms with Crippen LogP contribution in [0.3, 0.4) is 0 Å². The maximum absolute atomic E-state index is 10.0. The van der Waals surface area contributed by atoms with Gasteiger partial charge in [0.1, 0.15) is 0 Å². The lowest BCUT2D eigenvalue weighted by Crippen LogP contribution is -2.57. The zero-order valence-electron chi connectivity index (χ0n) is 13.1. The number of hydrogen-bond donors (Lipinski definition) is 2. The molecule has 0 saturated heterocycles. The monoisotopic (exact) mass is 256 g/mol. The van der Waals surface area contributed by atoms with E-state index in [0.29, 0.717) is 0 Å². The van der Waals surface area contributed by atoms with Gasteiger partial charge in [0.2, 0.25) is 0 Å². The molecule has 3 unspecified atom stereocenters. The molecule has 1 saturated carbocycles. The van der Waals surface area contributed by atoms with Gasteiger partial charge in [0.05, 0.1) is 5.60 Å². The molecule has 1 rings (SSSR count). The third-order valence-electron chi connectivity index (χ3n) is 4.81. The molecule has 18 heavy (non-hydrogen) atoms. The van der Waals surface area contributed by atoms with Gasteiger partial charge in [-0.1, -0.05) is 19.8 Å². The average molecular weight is 256 g/mol. The van der Waals surface area contributed by atoms with Crippen LogP contribution in [0.2, 0.25) is 0 Å². The van der Waals surface area contributed by atoms with Crippen LogP contribution in [-0.4, -0.2) is 47.8 Å². The number of rotatable bonds is 5. The second-order valence-corrected chi connectivity index (χ2v) is 7.08. The van der Waals surface area contributed by atoms with E-state index in [1.165, 1.54) is 25.7 Å². The van der Waals surface area contributed by atoms with Crippen molar-refractivity contribution < 1.29 is 5.11 Å². The molecule has 1 aliphatic carbocycles. The minimum atomic E-state index is -0.659. The molecule has 108 valence electrons. The molecule has 0 radical (unpaired) electrons. The van der Waals surface area contributed by atoms with E-state index in [0.717, 1.165) is 12.5 Å². The molecule has 0 amide bonds. The fourth-order valence-electron chi connectivity index (χ4n) is 2.95. The van der Waals surface area contributed by atoms with Gasteiger partial charge in [-0.2, -0.15) is 0 Å². The summed E-state index contributed by atoms with van der Waals surface area (Å²) in [5.74, 6) is 0.806. The maximum atomic E-state index is 10.0. The van der Waals surface area contributed by atoms with Gasteiger partial charge in [0.25, 0.3) is 0 Å². The van der Waals surface area contributed by atoms with Crippen molar-refractivity contribution in [3.05, 3.63) is 0 Å². The summed E-state index contributed by atoms with van der Waals surface area (Å²) in [5.41, 5.74) is -0.398. The topological polar surface area (TPSA) is 35.5 Å². The van der Waals surface area contributed by atoms with Crippen LogP contribution in [0, 0.1) is 5.92 Å². The molecule has 0 aromatic heterocycles. The minimum Gasteiger partial charge on any atom is -0.389 e. The highest BCUT2D eigenvalue weighted by Crippen LogP contribution is 2.35. The van der Waals surface area contributed by atoms with Crippen LogP contribution in [0.5, 0.6) is 0 Å². The molecular weight excluding hydrogens is 224 g/mol. The largest absolute Gasteiger partial charge is 0.389 e.